The molecule has 2 aromatic rings. The topological polar surface area (TPSA) is 29.5 Å². The van der Waals surface area contributed by atoms with E-state index in [2.05, 4.69) is 6.92 Å². The van der Waals surface area contributed by atoms with Crippen LogP contribution >= 0.6 is 0 Å². The van der Waals surface area contributed by atoms with E-state index in [0.29, 0.717) is 13.0 Å². The third-order valence-electron chi connectivity index (χ3n) is 3.89. The fraction of sp³-hybridized carbons (Fsp3) is 0.350. The van der Waals surface area contributed by atoms with Gasteiger partial charge in [-0.15, -0.1) is 0 Å². The Balaban J connectivity index is 1.99. The summed E-state index contributed by atoms with van der Waals surface area (Å²) in [4.78, 5) is 14.3. The molecule has 0 saturated heterocycles. The SMILES string of the molecule is CCc1ccc(OC(CC)C(=O)N(C)Cc2ccccc2)cc1. The van der Waals surface area contributed by atoms with Gasteiger partial charge < -0.3 is 9.64 Å². The first-order valence-corrected chi connectivity index (χ1v) is 8.18. The molecule has 0 saturated carbocycles. The van der Waals surface area contributed by atoms with E-state index in [1.165, 1.54) is 5.56 Å². The second-order valence-electron chi connectivity index (χ2n) is 5.69. The molecule has 0 spiro atoms. The van der Waals surface area contributed by atoms with E-state index >= 15 is 0 Å². The number of hydrogen-bond acceptors (Lipinski definition) is 2. The third kappa shape index (κ3) is 4.85. The fourth-order valence-electron chi connectivity index (χ4n) is 2.46. The molecular weight excluding hydrogens is 286 g/mol. The number of hydrogen-bond donors (Lipinski definition) is 0. The smallest absolute Gasteiger partial charge is 0.263 e. The molecule has 3 heteroatoms. The Labute approximate surface area is 138 Å². The molecule has 2 aromatic carbocycles. The van der Waals surface area contributed by atoms with Gasteiger partial charge in [-0.2, -0.15) is 0 Å². The van der Waals surface area contributed by atoms with E-state index in [-0.39, 0.29) is 5.91 Å². The van der Waals surface area contributed by atoms with Crippen LogP contribution < -0.4 is 4.74 Å². The Morgan fingerprint density at radius 3 is 2.22 bits per heavy atom. The van der Waals surface area contributed by atoms with Gasteiger partial charge in [-0.3, -0.25) is 4.79 Å². The van der Waals surface area contributed by atoms with E-state index in [0.717, 1.165) is 17.7 Å². The minimum absolute atomic E-state index is 0.0101. The summed E-state index contributed by atoms with van der Waals surface area (Å²) in [7, 11) is 1.82. The first-order chi connectivity index (χ1) is 11.1. The van der Waals surface area contributed by atoms with Crippen LogP contribution in [0, 0.1) is 0 Å². The van der Waals surface area contributed by atoms with Crippen LogP contribution in [-0.4, -0.2) is 24.0 Å². The molecule has 0 aromatic heterocycles. The van der Waals surface area contributed by atoms with Crippen LogP contribution in [0.4, 0.5) is 0 Å². The van der Waals surface area contributed by atoms with Crippen molar-refractivity contribution in [2.24, 2.45) is 0 Å². The van der Waals surface area contributed by atoms with Gasteiger partial charge in [0.2, 0.25) is 0 Å². The molecule has 0 fully saturated rings. The van der Waals surface area contributed by atoms with Crippen molar-refractivity contribution in [1.82, 2.24) is 4.90 Å². The number of likely N-dealkylation sites (N-methyl/N-ethyl adjacent to an activating group) is 1. The van der Waals surface area contributed by atoms with Gasteiger partial charge in [0.25, 0.3) is 5.91 Å². The maximum atomic E-state index is 12.6. The second kappa shape index (κ2) is 8.37. The zero-order chi connectivity index (χ0) is 16.7. The molecule has 2 rings (SSSR count). The normalized spacial score (nSPS) is 11.8. The Hall–Kier alpha value is -2.29. The summed E-state index contributed by atoms with van der Waals surface area (Å²) in [5.74, 6) is 0.756. The average molecular weight is 311 g/mol. The monoisotopic (exact) mass is 311 g/mol. The van der Waals surface area contributed by atoms with Crippen LogP contribution in [0.1, 0.15) is 31.4 Å². The molecule has 3 nitrogen and oxygen atoms in total. The Morgan fingerprint density at radius 1 is 1.00 bits per heavy atom. The predicted molar refractivity (Wildman–Crippen MR) is 93.4 cm³/mol. The lowest BCUT2D eigenvalue weighted by Gasteiger charge is -2.24. The van der Waals surface area contributed by atoms with Crippen LogP contribution in [0.15, 0.2) is 54.6 Å². The molecule has 1 atom stereocenters. The van der Waals surface area contributed by atoms with Crippen molar-refractivity contribution in [2.45, 2.75) is 39.3 Å². The fourth-order valence-corrected chi connectivity index (χ4v) is 2.46. The van der Waals surface area contributed by atoms with Gasteiger partial charge in [0.1, 0.15) is 5.75 Å². The van der Waals surface area contributed by atoms with Crippen molar-refractivity contribution in [3.8, 4) is 5.75 Å². The van der Waals surface area contributed by atoms with Crippen LogP contribution in [-0.2, 0) is 17.8 Å². The summed E-state index contributed by atoms with van der Waals surface area (Å²) < 4.78 is 5.89. The highest BCUT2D eigenvalue weighted by Gasteiger charge is 2.22. The molecule has 23 heavy (non-hydrogen) atoms. The maximum Gasteiger partial charge on any atom is 0.263 e. The van der Waals surface area contributed by atoms with Crippen molar-refractivity contribution < 1.29 is 9.53 Å². The first kappa shape index (κ1) is 17.1. The molecule has 122 valence electrons. The number of carbonyl (C=O) groups excluding carboxylic acids is 1. The number of benzene rings is 2. The summed E-state index contributed by atoms with van der Waals surface area (Å²) >= 11 is 0. The minimum Gasteiger partial charge on any atom is -0.481 e. The summed E-state index contributed by atoms with van der Waals surface area (Å²) in [5.41, 5.74) is 2.38. The Morgan fingerprint density at radius 2 is 1.65 bits per heavy atom. The molecule has 1 amide bonds. The average Bonchev–Trinajstić information content (AvgIpc) is 2.60. The van der Waals surface area contributed by atoms with E-state index in [1.54, 1.807) is 4.90 Å². The van der Waals surface area contributed by atoms with Crippen molar-refractivity contribution >= 4 is 5.91 Å². The van der Waals surface area contributed by atoms with E-state index < -0.39 is 6.10 Å². The summed E-state index contributed by atoms with van der Waals surface area (Å²) in [6.45, 7) is 4.68. The molecule has 0 aliphatic carbocycles. The highest BCUT2D eigenvalue weighted by Crippen LogP contribution is 2.17. The van der Waals surface area contributed by atoms with Gasteiger partial charge >= 0.3 is 0 Å². The lowest BCUT2D eigenvalue weighted by Crippen LogP contribution is -2.39. The highest BCUT2D eigenvalue weighted by molar-refractivity contribution is 5.81. The third-order valence-corrected chi connectivity index (χ3v) is 3.89. The molecule has 1 unspecified atom stereocenters. The molecule has 0 aliphatic heterocycles. The van der Waals surface area contributed by atoms with E-state index in [1.807, 2.05) is 68.6 Å². The summed E-state index contributed by atoms with van der Waals surface area (Å²) in [6, 6.07) is 17.9. The van der Waals surface area contributed by atoms with Gasteiger partial charge in [-0.25, -0.2) is 0 Å². The standard InChI is InChI=1S/C20H25NO2/c1-4-16-11-13-18(14-12-16)23-19(5-2)20(22)21(3)15-17-9-7-6-8-10-17/h6-14,19H,4-5,15H2,1-3H3. The van der Waals surface area contributed by atoms with Gasteiger partial charge in [0.15, 0.2) is 6.10 Å². The van der Waals surface area contributed by atoms with Crippen LogP contribution in [0.2, 0.25) is 0 Å². The van der Waals surface area contributed by atoms with Crippen LogP contribution in [0.5, 0.6) is 5.75 Å². The summed E-state index contributed by atoms with van der Waals surface area (Å²) in [6.07, 6.45) is 1.19. The zero-order valence-corrected chi connectivity index (χ0v) is 14.2. The van der Waals surface area contributed by atoms with Gasteiger partial charge in [0.05, 0.1) is 0 Å². The van der Waals surface area contributed by atoms with Crippen LogP contribution in [0.3, 0.4) is 0 Å². The van der Waals surface area contributed by atoms with Gasteiger partial charge in [-0.05, 0) is 36.1 Å². The number of ether oxygens (including phenoxy) is 1. The van der Waals surface area contributed by atoms with Crippen molar-refractivity contribution in [3.05, 3.63) is 65.7 Å². The predicted octanol–water partition coefficient (Wildman–Crippen LogP) is 4.07. The van der Waals surface area contributed by atoms with Gasteiger partial charge in [0, 0.05) is 13.6 Å². The van der Waals surface area contributed by atoms with E-state index in [4.69, 9.17) is 4.74 Å². The number of aryl methyl sites for hydroxylation is 1. The van der Waals surface area contributed by atoms with Crippen molar-refractivity contribution in [2.75, 3.05) is 7.05 Å². The number of rotatable bonds is 7. The van der Waals surface area contributed by atoms with E-state index in [9.17, 15) is 4.79 Å². The zero-order valence-electron chi connectivity index (χ0n) is 14.2. The molecule has 0 bridgehead atoms. The van der Waals surface area contributed by atoms with Crippen molar-refractivity contribution in [1.29, 1.82) is 0 Å². The second-order valence-corrected chi connectivity index (χ2v) is 5.69. The Bertz CT molecular complexity index is 607. The highest BCUT2D eigenvalue weighted by atomic mass is 16.5. The lowest BCUT2D eigenvalue weighted by atomic mass is 10.1. The number of nitrogens with zero attached hydrogens (tertiary/aromatic N) is 1. The van der Waals surface area contributed by atoms with Gasteiger partial charge in [-0.1, -0.05) is 56.3 Å². The largest absolute Gasteiger partial charge is 0.481 e. The van der Waals surface area contributed by atoms with Crippen LogP contribution in [0.25, 0.3) is 0 Å². The molecule has 0 radical (unpaired) electrons. The molecule has 0 heterocycles. The first-order valence-electron chi connectivity index (χ1n) is 8.18. The molecular formula is C20H25NO2. The molecule has 0 aliphatic rings. The summed E-state index contributed by atoms with van der Waals surface area (Å²) in [5, 5.41) is 0. The number of amides is 1. The number of carbonyl (C=O) groups is 1. The van der Waals surface area contributed by atoms with Crippen molar-refractivity contribution in [3.63, 3.8) is 0 Å². The minimum atomic E-state index is -0.448. The lowest BCUT2D eigenvalue weighted by molar-refractivity contribution is -0.138. The Kier molecular flexibility index (Phi) is 6.21. The maximum absolute atomic E-state index is 12.6. The molecule has 0 N–H and O–H groups in total. The quantitative estimate of drug-likeness (QED) is 0.771.